The van der Waals surface area contributed by atoms with E-state index < -0.39 is 28.9 Å². The maximum absolute atomic E-state index is 13.3. The van der Waals surface area contributed by atoms with Crippen LogP contribution in [0.4, 0.5) is 33.7 Å². The number of imidazole rings is 1. The summed E-state index contributed by atoms with van der Waals surface area (Å²) in [5, 5.41) is 0. The average molecular weight is 496 g/mol. The van der Waals surface area contributed by atoms with E-state index >= 15 is 0 Å². The first kappa shape index (κ1) is 26.1. The molecule has 0 spiro atoms. The maximum atomic E-state index is 13.3. The predicted octanol–water partition coefficient (Wildman–Crippen LogP) is 5.30. The van der Waals surface area contributed by atoms with Gasteiger partial charge in [0, 0.05) is 43.3 Å². The molecule has 1 amide bonds. The SMILES string of the molecule is CC(C)(C)OC(=O)N1CCCCC1Cc1nc2cc(F)c(F)cc2[nH]1.Nc1cc(F)c(F)cc1N. The van der Waals surface area contributed by atoms with Gasteiger partial charge in [0.2, 0.25) is 0 Å². The zero-order valence-electron chi connectivity index (χ0n) is 19.8. The second-order valence-corrected chi connectivity index (χ2v) is 9.39. The van der Waals surface area contributed by atoms with Gasteiger partial charge >= 0.3 is 6.09 Å². The summed E-state index contributed by atoms with van der Waals surface area (Å²) in [4.78, 5) is 21.5. The van der Waals surface area contributed by atoms with Gasteiger partial charge in [-0.25, -0.2) is 27.3 Å². The largest absolute Gasteiger partial charge is 0.444 e. The van der Waals surface area contributed by atoms with Crippen molar-refractivity contribution >= 4 is 28.5 Å². The van der Waals surface area contributed by atoms with E-state index in [1.165, 1.54) is 0 Å². The van der Waals surface area contributed by atoms with Crippen LogP contribution in [0.5, 0.6) is 0 Å². The highest BCUT2D eigenvalue weighted by atomic mass is 19.2. The third-order valence-corrected chi connectivity index (χ3v) is 5.38. The van der Waals surface area contributed by atoms with Gasteiger partial charge in [-0.15, -0.1) is 0 Å². The minimum atomic E-state index is -0.980. The fourth-order valence-corrected chi connectivity index (χ4v) is 3.73. The van der Waals surface area contributed by atoms with Crippen LogP contribution in [0.3, 0.4) is 0 Å². The molecule has 1 atom stereocenters. The van der Waals surface area contributed by atoms with E-state index in [9.17, 15) is 22.4 Å². The van der Waals surface area contributed by atoms with Crippen molar-refractivity contribution in [1.82, 2.24) is 14.9 Å². The van der Waals surface area contributed by atoms with E-state index in [0.717, 1.165) is 43.5 Å². The van der Waals surface area contributed by atoms with Crippen molar-refractivity contribution in [2.24, 2.45) is 0 Å². The summed E-state index contributed by atoms with van der Waals surface area (Å²) in [7, 11) is 0. The number of likely N-dealkylation sites (tertiary alicyclic amines) is 1. The van der Waals surface area contributed by atoms with Gasteiger partial charge in [0.25, 0.3) is 0 Å². The van der Waals surface area contributed by atoms with Crippen LogP contribution in [0.15, 0.2) is 24.3 Å². The highest BCUT2D eigenvalue weighted by Crippen LogP contribution is 2.24. The first-order valence-corrected chi connectivity index (χ1v) is 11.2. The molecule has 1 aliphatic heterocycles. The molecular weight excluding hydrogens is 466 g/mol. The van der Waals surface area contributed by atoms with Crippen molar-refractivity contribution in [3.05, 3.63) is 53.4 Å². The first-order chi connectivity index (χ1) is 16.3. The smallest absolute Gasteiger partial charge is 0.410 e. The molecule has 0 bridgehead atoms. The lowest BCUT2D eigenvalue weighted by Crippen LogP contribution is -2.47. The van der Waals surface area contributed by atoms with Crippen LogP contribution < -0.4 is 11.5 Å². The minimum absolute atomic E-state index is 0.0427. The molecule has 1 fully saturated rings. The summed E-state index contributed by atoms with van der Waals surface area (Å²) in [6, 6.07) is 3.85. The first-order valence-electron chi connectivity index (χ1n) is 11.2. The Morgan fingerprint density at radius 2 is 1.60 bits per heavy atom. The quantitative estimate of drug-likeness (QED) is 0.330. The number of rotatable bonds is 2. The Balaban J connectivity index is 0.000000287. The number of hydrogen-bond acceptors (Lipinski definition) is 5. The molecule has 3 aromatic rings. The number of piperidine rings is 1. The number of aromatic nitrogens is 2. The normalized spacial score (nSPS) is 16.1. The van der Waals surface area contributed by atoms with Crippen LogP contribution in [-0.2, 0) is 11.2 Å². The Morgan fingerprint density at radius 1 is 1.03 bits per heavy atom. The number of anilines is 2. The van der Waals surface area contributed by atoms with Crippen LogP contribution in [-0.4, -0.2) is 39.1 Å². The number of fused-ring (bicyclic) bond motifs is 1. The number of nitrogen functional groups attached to an aromatic ring is 2. The highest BCUT2D eigenvalue weighted by molar-refractivity contribution is 5.75. The van der Waals surface area contributed by atoms with Gasteiger partial charge < -0.3 is 26.1 Å². The zero-order valence-corrected chi connectivity index (χ0v) is 19.8. The number of ether oxygens (including phenoxy) is 1. The Hall–Kier alpha value is -3.50. The number of hydrogen-bond donors (Lipinski definition) is 3. The molecule has 1 unspecified atom stereocenters. The lowest BCUT2D eigenvalue weighted by atomic mass is 9.99. The van der Waals surface area contributed by atoms with E-state index in [1.54, 1.807) is 4.90 Å². The number of amides is 1. The number of carbonyl (C=O) groups excluding carboxylic acids is 1. The maximum Gasteiger partial charge on any atom is 0.410 e. The van der Waals surface area contributed by atoms with Gasteiger partial charge in [-0.2, -0.15) is 0 Å². The molecule has 1 aromatic heterocycles. The lowest BCUT2D eigenvalue weighted by Gasteiger charge is -2.36. The fraction of sp³-hybridized carbons (Fsp3) is 0.417. The van der Waals surface area contributed by atoms with Crippen molar-refractivity contribution in [3.63, 3.8) is 0 Å². The van der Waals surface area contributed by atoms with Gasteiger partial charge in [-0.3, -0.25) is 0 Å². The Morgan fingerprint density at radius 3 is 2.20 bits per heavy atom. The van der Waals surface area contributed by atoms with Crippen molar-refractivity contribution in [1.29, 1.82) is 0 Å². The molecule has 190 valence electrons. The third-order valence-electron chi connectivity index (χ3n) is 5.38. The van der Waals surface area contributed by atoms with Gasteiger partial charge in [0.05, 0.1) is 22.4 Å². The summed E-state index contributed by atoms with van der Waals surface area (Å²) < 4.78 is 56.7. The lowest BCUT2D eigenvalue weighted by molar-refractivity contribution is 0.00977. The standard InChI is InChI=1S/C18H23F2N3O2.C6H6F2N2/c1-18(2,3)25-17(24)23-7-5-4-6-11(23)8-16-21-14-9-12(19)13(20)10-15(14)22-16;7-3-1-5(9)6(10)2-4(3)8/h9-11H,4-8H2,1-3H3,(H,21,22);1-2H,9-10H2. The second kappa shape index (κ2) is 10.4. The molecule has 1 saturated heterocycles. The average Bonchev–Trinajstić information content (AvgIpc) is 3.13. The molecule has 35 heavy (non-hydrogen) atoms. The molecule has 7 nitrogen and oxygen atoms in total. The van der Waals surface area contributed by atoms with Crippen LogP contribution >= 0.6 is 0 Å². The monoisotopic (exact) mass is 495 g/mol. The van der Waals surface area contributed by atoms with Crippen LogP contribution in [0.1, 0.15) is 45.9 Å². The molecule has 2 aromatic carbocycles. The number of aromatic amines is 1. The molecule has 0 aliphatic carbocycles. The number of H-pyrrole nitrogens is 1. The highest BCUT2D eigenvalue weighted by Gasteiger charge is 2.31. The van der Waals surface area contributed by atoms with E-state index in [1.807, 2.05) is 20.8 Å². The van der Waals surface area contributed by atoms with Gasteiger partial charge in [0.15, 0.2) is 23.3 Å². The zero-order chi connectivity index (χ0) is 25.9. The van der Waals surface area contributed by atoms with Crippen molar-refractivity contribution < 1.29 is 27.1 Å². The van der Waals surface area contributed by atoms with Gasteiger partial charge in [-0.05, 0) is 40.0 Å². The number of benzene rings is 2. The summed E-state index contributed by atoms with van der Waals surface area (Å²) in [5.74, 6) is -3.17. The molecule has 1 aliphatic rings. The number of nitrogens with zero attached hydrogens (tertiary/aromatic N) is 2. The van der Waals surface area contributed by atoms with E-state index in [2.05, 4.69) is 9.97 Å². The van der Waals surface area contributed by atoms with E-state index in [4.69, 9.17) is 16.2 Å². The Bertz CT molecular complexity index is 1120. The van der Waals surface area contributed by atoms with Crippen molar-refractivity contribution in [2.45, 2.75) is 58.1 Å². The molecular formula is C24H29F4N5O2. The number of carbonyl (C=O) groups is 1. The summed E-state index contributed by atoms with van der Waals surface area (Å²) in [5.41, 5.74) is 10.7. The molecule has 11 heteroatoms. The van der Waals surface area contributed by atoms with Crippen molar-refractivity contribution in [2.75, 3.05) is 18.0 Å². The summed E-state index contributed by atoms with van der Waals surface area (Å²) in [6.45, 7) is 6.16. The fourth-order valence-electron chi connectivity index (χ4n) is 3.73. The number of nitrogens with one attached hydrogen (secondary N) is 1. The van der Waals surface area contributed by atoms with Crippen LogP contribution in [0.2, 0.25) is 0 Å². The van der Waals surface area contributed by atoms with Crippen LogP contribution in [0.25, 0.3) is 11.0 Å². The molecule has 0 radical (unpaired) electrons. The number of halogens is 4. The topological polar surface area (TPSA) is 110 Å². The second-order valence-electron chi connectivity index (χ2n) is 9.39. The van der Waals surface area contributed by atoms with Crippen LogP contribution in [0, 0.1) is 23.3 Å². The Kier molecular flexibility index (Phi) is 7.76. The minimum Gasteiger partial charge on any atom is -0.444 e. The Labute approximate surface area is 200 Å². The molecule has 0 saturated carbocycles. The molecule has 5 N–H and O–H groups in total. The predicted molar refractivity (Wildman–Crippen MR) is 125 cm³/mol. The summed E-state index contributed by atoms with van der Waals surface area (Å²) in [6.07, 6.45) is 2.97. The third kappa shape index (κ3) is 6.77. The van der Waals surface area contributed by atoms with Crippen molar-refractivity contribution in [3.8, 4) is 0 Å². The van der Waals surface area contributed by atoms with E-state index in [0.29, 0.717) is 29.8 Å². The van der Waals surface area contributed by atoms with E-state index in [-0.39, 0.29) is 23.5 Å². The number of nitrogens with two attached hydrogens (primary N) is 2. The molecule has 4 rings (SSSR count). The van der Waals surface area contributed by atoms with Gasteiger partial charge in [-0.1, -0.05) is 0 Å². The summed E-state index contributed by atoms with van der Waals surface area (Å²) >= 11 is 0. The van der Waals surface area contributed by atoms with Gasteiger partial charge in [0.1, 0.15) is 11.4 Å². The molecule has 2 heterocycles.